The summed E-state index contributed by atoms with van der Waals surface area (Å²) < 4.78 is 26.3. The van der Waals surface area contributed by atoms with Crippen molar-refractivity contribution in [3.63, 3.8) is 0 Å². The molecule has 3 aromatic rings. The van der Waals surface area contributed by atoms with Crippen molar-refractivity contribution in [3.8, 4) is 0 Å². The molecule has 0 aliphatic rings. The molecule has 1 heterocycles. The van der Waals surface area contributed by atoms with Gasteiger partial charge in [0.25, 0.3) is 15.9 Å². The van der Waals surface area contributed by atoms with Gasteiger partial charge in [-0.3, -0.25) is 10.1 Å². The van der Waals surface area contributed by atoms with Crippen molar-refractivity contribution >= 4 is 44.0 Å². The van der Waals surface area contributed by atoms with Gasteiger partial charge in [-0.15, -0.1) is 10.2 Å². The first-order chi connectivity index (χ1) is 12.9. The van der Waals surface area contributed by atoms with Crippen molar-refractivity contribution in [3.05, 3.63) is 70.7 Å². The lowest BCUT2D eigenvalue weighted by Crippen LogP contribution is -2.26. The maximum absolute atomic E-state index is 12.7. The molecule has 0 fully saturated rings. The molecule has 140 valence electrons. The van der Waals surface area contributed by atoms with E-state index in [9.17, 15) is 13.2 Å². The molecule has 0 saturated heterocycles. The van der Waals surface area contributed by atoms with Gasteiger partial charge >= 0.3 is 0 Å². The average Bonchev–Trinajstić information content (AvgIpc) is 3.12. The number of nitrogens with one attached hydrogen (secondary N) is 1. The second-order valence-corrected chi connectivity index (χ2v) is 9.22. The summed E-state index contributed by atoms with van der Waals surface area (Å²) >= 11 is 6.66. The molecule has 0 spiro atoms. The normalized spacial score (nSPS) is 11.5. The standard InChI is InChI=1S/C17H15ClN4O3S2/c1-22(11-12-6-3-2-4-7-12)27(24,25)17-21-20-16(26-17)19-15(23)13-8-5-9-14(18)10-13/h2-10H,11H2,1H3,(H,19,20,23). The van der Waals surface area contributed by atoms with Crippen LogP contribution >= 0.6 is 22.9 Å². The highest BCUT2D eigenvalue weighted by atomic mass is 35.5. The molecule has 0 aliphatic heterocycles. The molecular formula is C17H15ClN4O3S2. The number of carbonyl (C=O) groups is 1. The van der Waals surface area contributed by atoms with E-state index in [1.165, 1.54) is 17.4 Å². The van der Waals surface area contributed by atoms with Crippen LogP contribution in [0.2, 0.25) is 5.02 Å². The molecule has 1 amide bonds. The summed E-state index contributed by atoms with van der Waals surface area (Å²) in [6, 6.07) is 15.6. The number of aromatic nitrogens is 2. The van der Waals surface area contributed by atoms with Crippen LogP contribution in [0.3, 0.4) is 0 Å². The molecule has 0 radical (unpaired) electrons. The van der Waals surface area contributed by atoms with Crippen LogP contribution in [0, 0.1) is 0 Å². The Morgan fingerprint density at radius 2 is 1.89 bits per heavy atom. The zero-order chi connectivity index (χ0) is 19.4. The third-order valence-corrected chi connectivity index (χ3v) is 6.82. The number of carbonyl (C=O) groups excluding carboxylic acids is 1. The summed E-state index contributed by atoms with van der Waals surface area (Å²) in [5.74, 6) is -0.449. The van der Waals surface area contributed by atoms with E-state index in [4.69, 9.17) is 11.6 Å². The number of amides is 1. The molecule has 0 atom stereocenters. The van der Waals surface area contributed by atoms with E-state index in [0.717, 1.165) is 16.9 Å². The van der Waals surface area contributed by atoms with Gasteiger partial charge in [0.2, 0.25) is 9.47 Å². The van der Waals surface area contributed by atoms with Crippen LogP contribution in [0.25, 0.3) is 0 Å². The molecule has 0 aliphatic carbocycles. The molecule has 3 rings (SSSR count). The second-order valence-electron chi connectivity index (χ2n) is 5.58. The van der Waals surface area contributed by atoms with Gasteiger partial charge in [0.15, 0.2) is 0 Å². The number of rotatable bonds is 6. The van der Waals surface area contributed by atoms with Crippen LogP contribution in [-0.2, 0) is 16.6 Å². The van der Waals surface area contributed by atoms with Crippen LogP contribution in [-0.4, -0.2) is 35.9 Å². The fraction of sp³-hybridized carbons (Fsp3) is 0.118. The number of halogens is 1. The van der Waals surface area contributed by atoms with Crippen molar-refractivity contribution in [1.29, 1.82) is 0 Å². The number of hydrogen-bond acceptors (Lipinski definition) is 6. The van der Waals surface area contributed by atoms with E-state index >= 15 is 0 Å². The summed E-state index contributed by atoms with van der Waals surface area (Å²) in [7, 11) is -2.35. The second kappa shape index (κ2) is 8.13. The number of nitrogens with zero attached hydrogens (tertiary/aromatic N) is 3. The molecule has 2 aromatic carbocycles. The maximum Gasteiger partial charge on any atom is 0.272 e. The predicted octanol–water partition coefficient (Wildman–Crippen LogP) is 3.26. The van der Waals surface area contributed by atoms with Crippen molar-refractivity contribution in [2.45, 2.75) is 10.9 Å². The Bertz CT molecular complexity index is 1050. The van der Waals surface area contributed by atoms with Crippen LogP contribution in [0.15, 0.2) is 58.9 Å². The van der Waals surface area contributed by atoms with Gasteiger partial charge in [0.05, 0.1) is 0 Å². The van der Waals surface area contributed by atoms with Gasteiger partial charge < -0.3 is 0 Å². The zero-order valence-corrected chi connectivity index (χ0v) is 16.6. The average molecular weight is 423 g/mol. The van der Waals surface area contributed by atoms with E-state index in [2.05, 4.69) is 15.5 Å². The third-order valence-electron chi connectivity index (χ3n) is 3.59. The van der Waals surface area contributed by atoms with Crippen molar-refractivity contribution in [2.24, 2.45) is 0 Å². The monoisotopic (exact) mass is 422 g/mol. The lowest BCUT2D eigenvalue weighted by Gasteiger charge is -2.14. The fourth-order valence-electron chi connectivity index (χ4n) is 2.22. The minimum Gasteiger partial charge on any atom is -0.296 e. The van der Waals surface area contributed by atoms with Crippen LogP contribution in [0.5, 0.6) is 0 Å². The van der Waals surface area contributed by atoms with Gasteiger partial charge in [-0.1, -0.05) is 59.3 Å². The van der Waals surface area contributed by atoms with Crippen LogP contribution in [0.1, 0.15) is 15.9 Å². The highest BCUT2D eigenvalue weighted by Gasteiger charge is 2.26. The molecule has 27 heavy (non-hydrogen) atoms. The fourth-order valence-corrected chi connectivity index (χ4v) is 4.65. The Labute approximate surface area is 165 Å². The number of hydrogen-bond donors (Lipinski definition) is 1. The maximum atomic E-state index is 12.7. The van der Waals surface area contributed by atoms with Crippen molar-refractivity contribution in [2.75, 3.05) is 12.4 Å². The van der Waals surface area contributed by atoms with E-state index < -0.39 is 15.9 Å². The molecule has 7 nitrogen and oxygen atoms in total. The number of anilines is 1. The first-order valence-electron chi connectivity index (χ1n) is 7.77. The van der Waals surface area contributed by atoms with Crippen molar-refractivity contribution < 1.29 is 13.2 Å². The van der Waals surface area contributed by atoms with Crippen molar-refractivity contribution in [1.82, 2.24) is 14.5 Å². The van der Waals surface area contributed by atoms with E-state index in [-0.39, 0.29) is 16.0 Å². The Hall–Kier alpha value is -2.33. The first-order valence-corrected chi connectivity index (χ1v) is 10.4. The topological polar surface area (TPSA) is 92.3 Å². The Kier molecular flexibility index (Phi) is 5.85. The Morgan fingerprint density at radius 1 is 1.15 bits per heavy atom. The molecule has 0 unspecified atom stereocenters. The molecule has 1 N–H and O–H groups in total. The highest BCUT2D eigenvalue weighted by Crippen LogP contribution is 2.24. The molecule has 0 bridgehead atoms. The largest absolute Gasteiger partial charge is 0.296 e. The molecule has 0 saturated carbocycles. The molecule has 10 heteroatoms. The third kappa shape index (κ3) is 4.69. The summed E-state index contributed by atoms with van der Waals surface area (Å²) in [6.07, 6.45) is 0. The van der Waals surface area contributed by atoms with Gasteiger partial charge in [-0.05, 0) is 23.8 Å². The van der Waals surface area contributed by atoms with E-state index in [0.29, 0.717) is 10.6 Å². The van der Waals surface area contributed by atoms with Gasteiger partial charge in [-0.2, -0.15) is 4.31 Å². The van der Waals surface area contributed by atoms with E-state index in [1.807, 2.05) is 30.3 Å². The van der Waals surface area contributed by atoms with E-state index in [1.54, 1.807) is 18.2 Å². The van der Waals surface area contributed by atoms with Gasteiger partial charge in [0, 0.05) is 24.2 Å². The minimum absolute atomic E-state index is 0.0895. The smallest absolute Gasteiger partial charge is 0.272 e. The highest BCUT2D eigenvalue weighted by molar-refractivity contribution is 7.91. The minimum atomic E-state index is -3.82. The lowest BCUT2D eigenvalue weighted by molar-refractivity contribution is 0.102. The number of benzene rings is 2. The lowest BCUT2D eigenvalue weighted by atomic mass is 10.2. The summed E-state index contributed by atoms with van der Waals surface area (Å²) in [4.78, 5) is 12.2. The Morgan fingerprint density at radius 3 is 2.59 bits per heavy atom. The van der Waals surface area contributed by atoms with Gasteiger partial charge in [0.1, 0.15) is 0 Å². The Balaban J connectivity index is 1.73. The number of sulfonamides is 1. The van der Waals surface area contributed by atoms with Gasteiger partial charge in [-0.25, -0.2) is 8.42 Å². The first kappa shape index (κ1) is 19.4. The summed E-state index contributed by atoms with van der Waals surface area (Å²) in [5.41, 5.74) is 1.19. The molecular weight excluding hydrogens is 408 g/mol. The zero-order valence-electron chi connectivity index (χ0n) is 14.2. The quantitative estimate of drug-likeness (QED) is 0.615. The molecule has 1 aromatic heterocycles. The SMILES string of the molecule is CN(Cc1ccccc1)S(=O)(=O)c1nnc(NC(=O)c2cccc(Cl)c2)s1. The summed E-state index contributed by atoms with van der Waals surface area (Å²) in [5, 5.41) is 10.5. The van der Waals surface area contributed by atoms with Crippen LogP contribution in [0.4, 0.5) is 5.13 Å². The summed E-state index contributed by atoms with van der Waals surface area (Å²) in [6.45, 7) is 0.201. The van der Waals surface area contributed by atoms with Crippen LogP contribution < -0.4 is 5.32 Å². The predicted molar refractivity (Wildman–Crippen MR) is 104 cm³/mol.